The molecule has 0 unspecified atom stereocenters. The Morgan fingerprint density at radius 2 is 1.46 bits per heavy atom. The first-order valence-corrected chi connectivity index (χ1v) is 5.24. The normalized spacial score (nSPS) is 31.1. The summed E-state index contributed by atoms with van der Waals surface area (Å²) in [5.74, 6) is 1.57. The fourth-order valence-electron chi connectivity index (χ4n) is 2.82. The quantitative estimate of drug-likeness (QED) is 0.634. The van der Waals surface area contributed by atoms with Crippen LogP contribution in [0.4, 0.5) is 0 Å². The second kappa shape index (κ2) is 2.85. The van der Waals surface area contributed by atoms with Crippen LogP contribution in [0.1, 0.15) is 35.8 Å². The maximum Gasteiger partial charge on any atom is 0.00205 e. The fourth-order valence-corrected chi connectivity index (χ4v) is 2.82. The lowest BCUT2D eigenvalue weighted by Gasteiger charge is -2.26. The molecule has 3 aliphatic rings. The maximum absolute atomic E-state index is 3.56. The van der Waals surface area contributed by atoms with E-state index in [2.05, 4.69) is 29.6 Å². The zero-order chi connectivity index (χ0) is 8.67. The Morgan fingerprint density at radius 1 is 0.923 bits per heavy atom. The van der Waals surface area contributed by atoms with Crippen molar-refractivity contribution in [3.8, 4) is 0 Å². The van der Waals surface area contributed by atoms with E-state index in [-0.39, 0.29) is 0 Å². The first kappa shape index (κ1) is 7.57. The Hall–Kier alpha value is -0.820. The molecule has 68 valence electrons. The maximum atomic E-state index is 3.56. The van der Waals surface area contributed by atoms with Gasteiger partial charge in [-0.3, -0.25) is 0 Å². The molecule has 4 rings (SSSR count). The molecule has 1 fully saturated rings. The topological polar surface area (TPSA) is 12.0 Å². The van der Waals surface area contributed by atoms with Crippen LogP contribution >= 0.6 is 0 Å². The summed E-state index contributed by atoms with van der Waals surface area (Å²) in [6.07, 6.45) is 2.77. The molecule has 2 bridgehead atoms. The second-order valence-electron chi connectivity index (χ2n) is 4.26. The van der Waals surface area contributed by atoms with E-state index in [9.17, 15) is 0 Å². The molecule has 2 atom stereocenters. The molecule has 2 aliphatic heterocycles. The van der Waals surface area contributed by atoms with Gasteiger partial charge in [0.2, 0.25) is 0 Å². The molecule has 0 aromatic heterocycles. The second-order valence-corrected chi connectivity index (χ2v) is 4.26. The number of fused-ring (bicyclic) bond motifs is 3. The van der Waals surface area contributed by atoms with Crippen LogP contribution in [0, 0.1) is 0 Å². The lowest BCUT2D eigenvalue weighted by atomic mass is 9.78. The van der Waals surface area contributed by atoms with Crippen LogP contribution in [0.25, 0.3) is 0 Å². The highest BCUT2D eigenvalue weighted by Crippen LogP contribution is 2.39. The molecule has 1 aromatic rings. The lowest BCUT2D eigenvalue weighted by Crippen LogP contribution is -2.18. The molecule has 13 heavy (non-hydrogen) atoms. The minimum Gasteiger partial charge on any atom is -0.316 e. The molecule has 0 saturated carbocycles. The lowest BCUT2D eigenvalue weighted by molar-refractivity contribution is 0.549. The van der Waals surface area contributed by atoms with Gasteiger partial charge in [0.15, 0.2) is 0 Å². The Bertz CT molecular complexity index is 284. The van der Waals surface area contributed by atoms with Gasteiger partial charge in [-0.25, -0.2) is 0 Å². The Labute approximate surface area is 79.2 Å². The van der Waals surface area contributed by atoms with Crippen LogP contribution in [0.2, 0.25) is 0 Å². The van der Waals surface area contributed by atoms with Crippen molar-refractivity contribution < 1.29 is 0 Å². The van der Waals surface area contributed by atoms with Crippen LogP contribution in [-0.4, -0.2) is 13.1 Å². The zero-order valence-electron chi connectivity index (χ0n) is 7.79. The van der Waals surface area contributed by atoms with Gasteiger partial charge in [0.05, 0.1) is 0 Å². The number of rotatable bonds is 0. The monoisotopic (exact) mass is 173 g/mol. The van der Waals surface area contributed by atoms with Gasteiger partial charge in [0, 0.05) is 13.1 Å². The van der Waals surface area contributed by atoms with Gasteiger partial charge in [-0.05, 0) is 35.8 Å². The third-order valence-electron chi connectivity index (χ3n) is 3.52. The zero-order valence-corrected chi connectivity index (χ0v) is 7.79. The van der Waals surface area contributed by atoms with Gasteiger partial charge in [-0.1, -0.05) is 24.3 Å². The SMILES string of the molecule is c1ccc2c(c1)[C@@H]1CC[C@H]2CNC1. The smallest absolute Gasteiger partial charge is 0.00205 e. The summed E-state index contributed by atoms with van der Waals surface area (Å²) in [7, 11) is 0. The van der Waals surface area contributed by atoms with E-state index >= 15 is 0 Å². The number of nitrogens with one attached hydrogen (secondary N) is 1. The van der Waals surface area contributed by atoms with Crippen molar-refractivity contribution in [2.24, 2.45) is 0 Å². The molecule has 1 aromatic carbocycles. The minimum atomic E-state index is 0.787. The average molecular weight is 173 g/mol. The van der Waals surface area contributed by atoms with Crippen LogP contribution in [0.15, 0.2) is 24.3 Å². The summed E-state index contributed by atoms with van der Waals surface area (Å²) in [6.45, 7) is 2.38. The summed E-state index contributed by atoms with van der Waals surface area (Å²) < 4.78 is 0. The van der Waals surface area contributed by atoms with Gasteiger partial charge in [-0.2, -0.15) is 0 Å². The van der Waals surface area contributed by atoms with E-state index in [0.717, 1.165) is 11.8 Å². The third kappa shape index (κ3) is 1.11. The molecule has 1 aliphatic carbocycles. The first-order chi connectivity index (χ1) is 6.45. The van der Waals surface area contributed by atoms with Crippen LogP contribution < -0.4 is 5.32 Å². The molecular weight excluding hydrogens is 158 g/mol. The largest absolute Gasteiger partial charge is 0.316 e. The Balaban J connectivity index is 2.15. The molecule has 0 amide bonds. The predicted molar refractivity (Wildman–Crippen MR) is 54.0 cm³/mol. The fraction of sp³-hybridized carbons (Fsp3) is 0.500. The van der Waals surface area contributed by atoms with Crippen molar-refractivity contribution in [1.82, 2.24) is 5.32 Å². The Kier molecular flexibility index (Phi) is 1.66. The van der Waals surface area contributed by atoms with Crippen molar-refractivity contribution in [2.75, 3.05) is 13.1 Å². The summed E-state index contributed by atoms with van der Waals surface area (Å²) in [5.41, 5.74) is 3.23. The summed E-state index contributed by atoms with van der Waals surface area (Å²) in [4.78, 5) is 0. The van der Waals surface area contributed by atoms with Crippen molar-refractivity contribution in [3.05, 3.63) is 35.4 Å². The van der Waals surface area contributed by atoms with E-state index in [1.165, 1.54) is 25.9 Å². The van der Waals surface area contributed by atoms with E-state index in [4.69, 9.17) is 0 Å². The van der Waals surface area contributed by atoms with Crippen LogP contribution in [-0.2, 0) is 0 Å². The molecule has 0 spiro atoms. The molecule has 1 saturated heterocycles. The number of hydrogen-bond acceptors (Lipinski definition) is 1. The summed E-state index contributed by atoms with van der Waals surface area (Å²) in [6, 6.07) is 9.00. The third-order valence-corrected chi connectivity index (χ3v) is 3.52. The van der Waals surface area contributed by atoms with E-state index in [1.807, 2.05) is 0 Å². The highest BCUT2D eigenvalue weighted by molar-refractivity contribution is 5.37. The molecule has 1 nitrogen and oxygen atoms in total. The van der Waals surface area contributed by atoms with E-state index < -0.39 is 0 Å². The highest BCUT2D eigenvalue weighted by atomic mass is 14.9. The molecule has 1 heteroatoms. The molecule has 1 N–H and O–H groups in total. The van der Waals surface area contributed by atoms with Gasteiger partial charge < -0.3 is 5.32 Å². The van der Waals surface area contributed by atoms with Gasteiger partial charge in [0.25, 0.3) is 0 Å². The summed E-state index contributed by atoms with van der Waals surface area (Å²) >= 11 is 0. The molecule has 2 heterocycles. The minimum absolute atomic E-state index is 0.787. The highest BCUT2D eigenvalue weighted by Gasteiger charge is 2.29. The molecule has 0 radical (unpaired) electrons. The summed E-state index contributed by atoms with van der Waals surface area (Å²) in [5, 5.41) is 3.56. The van der Waals surface area contributed by atoms with Crippen LogP contribution in [0.5, 0.6) is 0 Å². The van der Waals surface area contributed by atoms with Crippen molar-refractivity contribution >= 4 is 0 Å². The van der Waals surface area contributed by atoms with Gasteiger partial charge >= 0.3 is 0 Å². The predicted octanol–water partition coefficient (Wildman–Crippen LogP) is 2.25. The van der Waals surface area contributed by atoms with Gasteiger partial charge in [-0.15, -0.1) is 0 Å². The average Bonchev–Trinajstić information content (AvgIpc) is 2.52. The van der Waals surface area contributed by atoms with E-state index in [1.54, 1.807) is 11.1 Å². The van der Waals surface area contributed by atoms with Crippen molar-refractivity contribution in [2.45, 2.75) is 24.7 Å². The molecular formula is C12H15N. The number of hydrogen-bond donors (Lipinski definition) is 1. The van der Waals surface area contributed by atoms with Crippen molar-refractivity contribution in [3.63, 3.8) is 0 Å². The Morgan fingerprint density at radius 3 is 2.00 bits per heavy atom. The van der Waals surface area contributed by atoms with Crippen molar-refractivity contribution in [1.29, 1.82) is 0 Å². The van der Waals surface area contributed by atoms with Gasteiger partial charge in [0.1, 0.15) is 0 Å². The van der Waals surface area contributed by atoms with E-state index in [0.29, 0.717) is 0 Å². The first-order valence-electron chi connectivity index (χ1n) is 5.24. The van der Waals surface area contributed by atoms with Crippen LogP contribution in [0.3, 0.4) is 0 Å². The number of benzene rings is 1. The standard InChI is InChI=1S/C12H15N/c1-2-4-12-10-6-5-9(7-13-8-10)11(12)3-1/h1-4,9-10,13H,5-8H2/t9-,10+.